The van der Waals surface area contributed by atoms with Crippen molar-refractivity contribution in [3.63, 3.8) is 0 Å². The topological polar surface area (TPSA) is 64.1 Å². The standard InChI is InChI=1S/C14H25N3O2S2/c1-5-19-12(18)14(4,17-11(2)3)8-6-7-9-20-13-15-10-16-21-13/h10-11,17H,5-9H2,1-4H3. The van der Waals surface area contributed by atoms with Crippen molar-refractivity contribution >= 4 is 29.3 Å². The summed E-state index contributed by atoms with van der Waals surface area (Å²) >= 11 is 3.14. The molecule has 5 nitrogen and oxygen atoms in total. The first-order valence-corrected chi connectivity index (χ1v) is 9.08. The summed E-state index contributed by atoms with van der Waals surface area (Å²) in [6.45, 7) is 8.28. The molecule has 0 amide bonds. The molecule has 0 fully saturated rings. The fraction of sp³-hybridized carbons (Fsp3) is 0.786. The molecule has 7 heteroatoms. The van der Waals surface area contributed by atoms with Gasteiger partial charge in [-0.05, 0) is 52.1 Å². The predicted octanol–water partition coefficient (Wildman–Crippen LogP) is 3.12. The van der Waals surface area contributed by atoms with Crippen LogP contribution < -0.4 is 5.32 Å². The molecule has 0 radical (unpaired) electrons. The van der Waals surface area contributed by atoms with E-state index in [0.29, 0.717) is 6.61 Å². The number of ether oxygens (including phenoxy) is 1. The fourth-order valence-electron chi connectivity index (χ4n) is 2.13. The van der Waals surface area contributed by atoms with Crippen LogP contribution in [0.25, 0.3) is 0 Å². The molecule has 1 unspecified atom stereocenters. The first-order valence-electron chi connectivity index (χ1n) is 7.32. The molecule has 0 aliphatic heterocycles. The van der Waals surface area contributed by atoms with Crippen molar-refractivity contribution in [2.75, 3.05) is 12.4 Å². The van der Waals surface area contributed by atoms with Crippen molar-refractivity contribution in [2.45, 2.75) is 62.9 Å². The highest BCUT2D eigenvalue weighted by Crippen LogP contribution is 2.22. The highest BCUT2D eigenvalue weighted by molar-refractivity contribution is 8.00. The number of nitrogens with zero attached hydrogens (tertiary/aromatic N) is 2. The van der Waals surface area contributed by atoms with Gasteiger partial charge in [-0.15, -0.1) is 0 Å². The van der Waals surface area contributed by atoms with E-state index in [1.54, 1.807) is 18.1 Å². The molecule has 21 heavy (non-hydrogen) atoms. The molecule has 1 heterocycles. The van der Waals surface area contributed by atoms with Crippen LogP contribution >= 0.6 is 23.3 Å². The van der Waals surface area contributed by atoms with Crippen LogP contribution in [0.15, 0.2) is 10.7 Å². The third-order valence-electron chi connectivity index (χ3n) is 2.97. The molecule has 120 valence electrons. The van der Waals surface area contributed by atoms with E-state index < -0.39 is 5.54 Å². The molecule has 0 aromatic carbocycles. The molecule has 0 spiro atoms. The number of rotatable bonds is 10. The number of aromatic nitrogens is 2. The Bertz CT molecular complexity index is 412. The van der Waals surface area contributed by atoms with Crippen molar-refractivity contribution in [3.05, 3.63) is 6.33 Å². The fourth-order valence-corrected chi connectivity index (χ4v) is 3.64. The molecule has 0 saturated carbocycles. The molecular formula is C14H25N3O2S2. The zero-order valence-electron chi connectivity index (χ0n) is 13.2. The maximum Gasteiger partial charge on any atom is 0.326 e. The van der Waals surface area contributed by atoms with E-state index >= 15 is 0 Å². The smallest absolute Gasteiger partial charge is 0.326 e. The van der Waals surface area contributed by atoms with Crippen molar-refractivity contribution < 1.29 is 9.53 Å². The summed E-state index contributed by atoms with van der Waals surface area (Å²) in [6.07, 6.45) is 4.37. The van der Waals surface area contributed by atoms with Gasteiger partial charge in [0.1, 0.15) is 11.9 Å². The lowest BCUT2D eigenvalue weighted by Gasteiger charge is -2.30. The van der Waals surface area contributed by atoms with Crippen molar-refractivity contribution in [1.82, 2.24) is 14.7 Å². The molecule has 0 saturated heterocycles. The monoisotopic (exact) mass is 331 g/mol. The summed E-state index contributed by atoms with van der Waals surface area (Å²) in [5.74, 6) is 0.839. The second-order valence-corrected chi connectivity index (χ2v) is 7.49. The molecule has 1 N–H and O–H groups in total. The van der Waals surface area contributed by atoms with Gasteiger partial charge in [-0.3, -0.25) is 10.1 Å². The van der Waals surface area contributed by atoms with Crippen LogP contribution in [0.3, 0.4) is 0 Å². The number of hydrogen-bond acceptors (Lipinski definition) is 7. The van der Waals surface area contributed by atoms with Gasteiger partial charge < -0.3 is 4.74 Å². The number of carbonyl (C=O) groups excluding carboxylic acids is 1. The highest BCUT2D eigenvalue weighted by atomic mass is 32.2. The molecule has 1 atom stereocenters. The van der Waals surface area contributed by atoms with Crippen LogP contribution in [-0.2, 0) is 9.53 Å². The number of hydrogen-bond donors (Lipinski definition) is 1. The summed E-state index contributed by atoms with van der Waals surface area (Å²) in [6, 6.07) is 0.246. The second-order valence-electron chi connectivity index (χ2n) is 5.36. The molecule has 0 aliphatic rings. The molecule has 1 rings (SSSR count). The summed E-state index contributed by atoms with van der Waals surface area (Å²) in [5, 5.41) is 3.34. The van der Waals surface area contributed by atoms with Gasteiger partial charge in [0, 0.05) is 11.8 Å². The van der Waals surface area contributed by atoms with Gasteiger partial charge >= 0.3 is 5.97 Å². The minimum atomic E-state index is -0.600. The van der Waals surface area contributed by atoms with Crippen LogP contribution in [0.1, 0.15) is 47.0 Å². The van der Waals surface area contributed by atoms with Crippen LogP contribution in [0, 0.1) is 0 Å². The number of carbonyl (C=O) groups is 1. The largest absolute Gasteiger partial charge is 0.465 e. The van der Waals surface area contributed by atoms with Crippen molar-refractivity contribution in [1.29, 1.82) is 0 Å². The number of unbranched alkanes of at least 4 members (excludes halogenated alkanes) is 1. The summed E-state index contributed by atoms with van der Waals surface area (Å²) < 4.78 is 10.2. The number of thioether (sulfide) groups is 1. The summed E-state index contributed by atoms with van der Waals surface area (Å²) in [4.78, 5) is 16.3. The Hall–Kier alpha value is -0.660. The van der Waals surface area contributed by atoms with Gasteiger partial charge in [-0.2, -0.15) is 4.37 Å². The average Bonchev–Trinajstić information content (AvgIpc) is 2.91. The highest BCUT2D eigenvalue weighted by Gasteiger charge is 2.34. The maximum atomic E-state index is 12.1. The van der Waals surface area contributed by atoms with E-state index in [9.17, 15) is 4.79 Å². The van der Waals surface area contributed by atoms with Gasteiger partial charge in [0.2, 0.25) is 0 Å². The van der Waals surface area contributed by atoms with Crippen molar-refractivity contribution in [2.24, 2.45) is 0 Å². The first kappa shape index (κ1) is 18.4. The van der Waals surface area contributed by atoms with Gasteiger partial charge in [-0.1, -0.05) is 18.2 Å². The Morgan fingerprint density at radius 1 is 1.52 bits per heavy atom. The van der Waals surface area contributed by atoms with E-state index in [2.05, 4.69) is 14.7 Å². The Balaban J connectivity index is 2.36. The van der Waals surface area contributed by atoms with Crippen LogP contribution in [0.2, 0.25) is 0 Å². The quantitative estimate of drug-likeness (QED) is 0.404. The molecule has 0 bridgehead atoms. The number of esters is 1. The Morgan fingerprint density at radius 2 is 2.29 bits per heavy atom. The average molecular weight is 332 g/mol. The van der Waals surface area contributed by atoms with Gasteiger partial charge in [-0.25, -0.2) is 4.98 Å². The van der Waals surface area contributed by atoms with E-state index in [1.807, 2.05) is 27.7 Å². The zero-order chi connectivity index (χ0) is 15.7. The van der Waals surface area contributed by atoms with Gasteiger partial charge in [0.05, 0.1) is 6.61 Å². The van der Waals surface area contributed by atoms with Crippen LogP contribution in [0.4, 0.5) is 0 Å². The van der Waals surface area contributed by atoms with Crippen LogP contribution in [-0.4, -0.2) is 39.3 Å². The lowest BCUT2D eigenvalue weighted by atomic mass is 9.94. The molecular weight excluding hydrogens is 306 g/mol. The van der Waals surface area contributed by atoms with Crippen molar-refractivity contribution in [3.8, 4) is 0 Å². The van der Waals surface area contributed by atoms with E-state index in [4.69, 9.17) is 4.74 Å². The minimum Gasteiger partial charge on any atom is -0.465 e. The summed E-state index contributed by atoms with van der Waals surface area (Å²) in [5.41, 5.74) is -0.600. The normalized spacial score (nSPS) is 14.1. The van der Waals surface area contributed by atoms with Crippen LogP contribution in [0.5, 0.6) is 0 Å². The lowest BCUT2D eigenvalue weighted by molar-refractivity contribution is -0.151. The van der Waals surface area contributed by atoms with E-state index in [0.717, 1.165) is 29.4 Å². The maximum absolute atomic E-state index is 12.1. The second kappa shape index (κ2) is 9.38. The summed E-state index contributed by atoms with van der Waals surface area (Å²) in [7, 11) is 0. The Kier molecular flexibility index (Phi) is 8.21. The molecule has 1 aromatic heterocycles. The third-order valence-corrected chi connectivity index (χ3v) is 4.85. The van der Waals surface area contributed by atoms with Gasteiger partial charge in [0.25, 0.3) is 0 Å². The Morgan fingerprint density at radius 3 is 2.86 bits per heavy atom. The molecule has 1 aromatic rings. The first-order chi connectivity index (χ1) is 9.98. The minimum absolute atomic E-state index is 0.157. The van der Waals surface area contributed by atoms with E-state index in [-0.39, 0.29) is 12.0 Å². The molecule has 0 aliphatic carbocycles. The number of nitrogens with one attached hydrogen (secondary N) is 1. The van der Waals surface area contributed by atoms with E-state index in [1.165, 1.54) is 11.5 Å². The third kappa shape index (κ3) is 6.76. The van der Waals surface area contributed by atoms with Gasteiger partial charge in [0.15, 0.2) is 4.34 Å². The lowest BCUT2D eigenvalue weighted by Crippen LogP contribution is -2.53. The Labute approximate surface area is 135 Å². The predicted molar refractivity (Wildman–Crippen MR) is 87.8 cm³/mol. The zero-order valence-corrected chi connectivity index (χ0v) is 14.9. The SMILES string of the molecule is CCOC(=O)C(C)(CCCCSc1ncns1)NC(C)C.